The quantitative estimate of drug-likeness (QED) is 0.617. The molecule has 1 atom stereocenters. The largest absolute Gasteiger partial charge is 0.430 e. The number of rotatable bonds is 1. The van der Waals surface area contributed by atoms with Crippen LogP contribution in [-0.4, -0.2) is 16.4 Å². The minimum absolute atomic E-state index is 0.0789. The molecule has 0 amide bonds. The van der Waals surface area contributed by atoms with Gasteiger partial charge in [0, 0.05) is 9.86 Å². The number of halogens is 4. The van der Waals surface area contributed by atoms with E-state index < -0.39 is 17.5 Å². The van der Waals surface area contributed by atoms with Gasteiger partial charge in [-0.05, 0) is 45.8 Å². The molecule has 0 radical (unpaired) electrons. The molecule has 1 aromatic carbocycles. The maximum atomic E-state index is 12.9. The average molecular weight is 374 g/mol. The minimum atomic E-state index is -4.54. The standard InChI is InChI=1S/C13H11BrF3N5/c14-8-4-7(3-6-5-20-22-11(6)8)12(19)9(18)1-2-10(21-12)13(15,16)17/h1-5,21H,18-19H2,(H,20,22). The van der Waals surface area contributed by atoms with E-state index in [1.54, 1.807) is 18.3 Å². The predicted octanol–water partition coefficient (Wildman–Crippen LogP) is 2.33. The summed E-state index contributed by atoms with van der Waals surface area (Å²) in [4.78, 5) is 0. The molecule has 1 aromatic heterocycles. The number of nitrogens with zero attached hydrogens (tertiary/aromatic N) is 1. The number of alkyl halides is 3. The van der Waals surface area contributed by atoms with Crippen molar-refractivity contribution in [3.63, 3.8) is 0 Å². The second-order valence-electron chi connectivity index (χ2n) is 4.93. The minimum Gasteiger partial charge on any atom is -0.399 e. The van der Waals surface area contributed by atoms with Crippen LogP contribution in [-0.2, 0) is 5.66 Å². The fourth-order valence-corrected chi connectivity index (χ4v) is 2.84. The van der Waals surface area contributed by atoms with Crippen LogP contribution in [0.5, 0.6) is 0 Å². The number of H-pyrrole nitrogens is 1. The van der Waals surface area contributed by atoms with E-state index in [1.807, 2.05) is 0 Å². The highest BCUT2D eigenvalue weighted by Crippen LogP contribution is 2.35. The van der Waals surface area contributed by atoms with Crippen molar-refractivity contribution in [1.82, 2.24) is 15.5 Å². The Morgan fingerprint density at radius 2 is 1.95 bits per heavy atom. The lowest BCUT2D eigenvalue weighted by Crippen LogP contribution is -2.56. The number of aromatic nitrogens is 2. The van der Waals surface area contributed by atoms with Crippen molar-refractivity contribution in [1.29, 1.82) is 0 Å². The van der Waals surface area contributed by atoms with E-state index in [0.717, 1.165) is 17.7 Å². The van der Waals surface area contributed by atoms with Gasteiger partial charge in [-0.1, -0.05) is 0 Å². The highest BCUT2D eigenvalue weighted by molar-refractivity contribution is 9.10. The number of hydrogen-bond acceptors (Lipinski definition) is 4. The zero-order chi connectivity index (χ0) is 16.1. The molecule has 9 heteroatoms. The lowest BCUT2D eigenvalue weighted by atomic mass is 9.93. The number of nitrogens with one attached hydrogen (secondary N) is 2. The summed E-state index contributed by atoms with van der Waals surface area (Å²) in [6, 6.07) is 3.24. The summed E-state index contributed by atoms with van der Waals surface area (Å²) in [7, 11) is 0. The number of fused-ring (bicyclic) bond motifs is 1. The summed E-state index contributed by atoms with van der Waals surface area (Å²) in [6.07, 6.45) is -0.965. The molecule has 1 aliphatic rings. The van der Waals surface area contributed by atoms with Crippen LogP contribution in [0.3, 0.4) is 0 Å². The van der Waals surface area contributed by atoms with Crippen LogP contribution in [0.15, 0.2) is 46.3 Å². The summed E-state index contributed by atoms with van der Waals surface area (Å²) in [5.41, 5.74) is 10.6. The van der Waals surface area contributed by atoms with Crippen LogP contribution in [0.1, 0.15) is 5.56 Å². The first-order chi connectivity index (χ1) is 10.2. The summed E-state index contributed by atoms with van der Waals surface area (Å²) in [5.74, 6) is 0. The topological polar surface area (TPSA) is 92.7 Å². The van der Waals surface area contributed by atoms with Gasteiger partial charge in [-0.25, -0.2) is 0 Å². The van der Waals surface area contributed by atoms with Crippen molar-refractivity contribution >= 4 is 26.8 Å². The van der Waals surface area contributed by atoms with Crippen LogP contribution in [0.25, 0.3) is 10.9 Å². The van der Waals surface area contributed by atoms with Crippen LogP contribution >= 0.6 is 15.9 Å². The Kier molecular flexibility index (Phi) is 3.22. The van der Waals surface area contributed by atoms with Gasteiger partial charge in [-0.15, -0.1) is 0 Å². The molecule has 0 bridgehead atoms. The third-order valence-corrected chi connectivity index (χ3v) is 4.10. The Morgan fingerprint density at radius 1 is 1.23 bits per heavy atom. The van der Waals surface area contributed by atoms with Crippen molar-refractivity contribution < 1.29 is 13.2 Å². The molecule has 0 saturated heterocycles. The van der Waals surface area contributed by atoms with Gasteiger partial charge >= 0.3 is 6.18 Å². The number of aromatic amines is 1. The van der Waals surface area contributed by atoms with Gasteiger partial charge in [0.1, 0.15) is 5.70 Å². The van der Waals surface area contributed by atoms with E-state index in [4.69, 9.17) is 11.5 Å². The van der Waals surface area contributed by atoms with Crippen molar-refractivity contribution in [3.8, 4) is 0 Å². The summed E-state index contributed by atoms with van der Waals surface area (Å²) < 4.78 is 39.4. The van der Waals surface area contributed by atoms with Crippen LogP contribution < -0.4 is 16.8 Å². The van der Waals surface area contributed by atoms with E-state index in [0.29, 0.717) is 15.4 Å². The Balaban J connectivity index is 2.12. The van der Waals surface area contributed by atoms with Gasteiger partial charge in [0.25, 0.3) is 0 Å². The zero-order valence-electron chi connectivity index (χ0n) is 11.0. The van der Waals surface area contributed by atoms with Crippen LogP contribution in [0.2, 0.25) is 0 Å². The molecule has 0 aliphatic carbocycles. The van der Waals surface area contributed by atoms with Crippen molar-refractivity contribution in [3.05, 3.63) is 51.9 Å². The lowest BCUT2D eigenvalue weighted by molar-refractivity contribution is -0.0995. The lowest BCUT2D eigenvalue weighted by Gasteiger charge is -2.36. The second kappa shape index (κ2) is 4.75. The van der Waals surface area contributed by atoms with Crippen LogP contribution in [0.4, 0.5) is 13.2 Å². The highest BCUT2D eigenvalue weighted by atomic mass is 79.9. The van der Waals surface area contributed by atoms with Crippen LogP contribution in [0, 0.1) is 0 Å². The Morgan fingerprint density at radius 3 is 2.64 bits per heavy atom. The molecule has 116 valence electrons. The molecule has 6 N–H and O–H groups in total. The van der Waals surface area contributed by atoms with E-state index >= 15 is 0 Å². The molecule has 2 heterocycles. The molecule has 5 nitrogen and oxygen atoms in total. The Labute approximate surface area is 131 Å². The highest BCUT2D eigenvalue weighted by Gasteiger charge is 2.42. The molecule has 2 aromatic rings. The fourth-order valence-electron chi connectivity index (χ4n) is 2.28. The van der Waals surface area contributed by atoms with Gasteiger partial charge in [-0.3, -0.25) is 10.8 Å². The summed E-state index contributed by atoms with van der Waals surface area (Å²) in [6.45, 7) is 0. The number of nitrogens with two attached hydrogens (primary N) is 2. The molecule has 1 aliphatic heterocycles. The monoisotopic (exact) mass is 373 g/mol. The Bertz CT molecular complexity index is 808. The normalized spacial score (nSPS) is 22.2. The molecule has 0 spiro atoms. The molecule has 0 saturated carbocycles. The molecule has 3 rings (SSSR count). The number of allylic oxidation sites excluding steroid dienone is 3. The van der Waals surface area contributed by atoms with E-state index in [9.17, 15) is 13.2 Å². The summed E-state index contributed by atoms with van der Waals surface area (Å²) >= 11 is 3.34. The number of benzene rings is 1. The maximum absolute atomic E-state index is 12.9. The van der Waals surface area contributed by atoms with E-state index in [2.05, 4.69) is 31.4 Å². The zero-order valence-corrected chi connectivity index (χ0v) is 12.6. The van der Waals surface area contributed by atoms with Gasteiger partial charge < -0.3 is 11.1 Å². The second-order valence-corrected chi connectivity index (χ2v) is 5.78. The number of dihydropyridines is 1. The maximum Gasteiger partial charge on any atom is 0.430 e. The molecule has 0 fully saturated rings. The third kappa shape index (κ3) is 2.26. The van der Waals surface area contributed by atoms with Gasteiger partial charge in [0.05, 0.1) is 17.4 Å². The van der Waals surface area contributed by atoms with Crippen molar-refractivity contribution in [2.75, 3.05) is 0 Å². The first-order valence-corrected chi connectivity index (χ1v) is 6.96. The van der Waals surface area contributed by atoms with E-state index in [-0.39, 0.29) is 5.70 Å². The predicted molar refractivity (Wildman–Crippen MR) is 79.2 cm³/mol. The molecule has 1 unspecified atom stereocenters. The third-order valence-electron chi connectivity index (χ3n) is 3.48. The first kappa shape index (κ1) is 14.9. The molecular weight excluding hydrogens is 363 g/mol. The van der Waals surface area contributed by atoms with Crippen molar-refractivity contribution in [2.24, 2.45) is 11.5 Å². The molecule has 22 heavy (non-hydrogen) atoms. The van der Waals surface area contributed by atoms with E-state index in [1.165, 1.54) is 0 Å². The van der Waals surface area contributed by atoms with Crippen molar-refractivity contribution in [2.45, 2.75) is 11.8 Å². The molecular formula is C13H11BrF3N5. The first-order valence-electron chi connectivity index (χ1n) is 6.17. The Hall–Kier alpha value is -2.00. The number of hydrogen-bond donors (Lipinski definition) is 4. The summed E-state index contributed by atoms with van der Waals surface area (Å²) in [5, 5.41) is 9.66. The fraction of sp³-hybridized carbons (Fsp3) is 0.154. The van der Waals surface area contributed by atoms with Gasteiger partial charge in [0.15, 0.2) is 5.66 Å². The van der Waals surface area contributed by atoms with Gasteiger partial charge in [0.2, 0.25) is 0 Å². The average Bonchev–Trinajstić information content (AvgIpc) is 2.89. The SMILES string of the molecule is NC1=CC=C(C(F)(F)F)NC1(N)c1cc(Br)c2[nH]ncc2c1. The smallest absolute Gasteiger partial charge is 0.399 e. The van der Waals surface area contributed by atoms with Gasteiger partial charge in [-0.2, -0.15) is 18.3 Å².